The van der Waals surface area contributed by atoms with Crippen molar-refractivity contribution in [1.82, 2.24) is 15.1 Å². The number of hydrogen-bond donors (Lipinski definition) is 2. The Morgan fingerprint density at radius 3 is 2.31 bits per heavy atom. The summed E-state index contributed by atoms with van der Waals surface area (Å²) in [6.07, 6.45) is 4.74. The van der Waals surface area contributed by atoms with Crippen LogP contribution in [0.1, 0.15) is 45.4 Å². The zero-order valence-corrected chi connectivity index (χ0v) is 16.6. The molecule has 2 atom stereocenters. The Bertz CT molecular complexity index is 489. The predicted octanol–water partition coefficient (Wildman–Crippen LogP) is 0.760. The van der Waals surface area contributed by atoms with Gasteiger partial charge >= 0.3 is 0 Å². The van der Waals surface area contributed by atoms with E-state index in [0.717, 1.165) is 38.6 Å². The molecule has 2 rings (SSSR count). The molecule has 2 fully saturated rings. The number of likely N-dealkylation sites (tertiary alicyclic amines) is 2. The van der Waals surface area contributed by atoms with Gasteiger partial charge < -0.3 is 20.9 Å². The van der Waals surface area contributed by atoms with E-state index in [-0.39, 0.29) is 42.0 Å². The second-order valence-corrected chi connectivity index (χ2v) is 7.13. The minimum atomic E-state index is -0.148. The Labute approximate surface area is 162 Å². The van der Waals surface area contributed by atoms with Crippen molar-refractivity contribution in [3.05, 3.63) is 0 Å². The van der Waals surface area contributed by atoms with E-state index in [1.165, 1.54) is 0 Å². The van der Waals surface area contributed by atoms with Gasteiger partial charge in [0.1, 0.15) is 0 Å². The van der Waals surface area contributed by atoms with Crippen molar-refractivity contribution in [1.29, 1.82) is 0 Å². The lowest BCUT2D eigenvalue weighted by atomic mass is 9.92. The number of piperidine rings is 2. The van der Waals surface area contributed by atoms with Crippen LogP contribution in [0.15, 0.2) is 0 Å². The van der Waals surface area contributed by atoms with E-state index in [1.54, 1.807) is 0 Å². The van der Waals surface area contributed by atoms with Crippen molar-refractivity contribution in [2.75, 3.05) is 39.3 Å². The standard InChI is InChI=1S/C18H32N4O3.ClH/c1-2-5-16(23)21-10-4-7-15(13-21)18(25)22-11-3-6-14(12-22)17(24)20-9-8-19;/h14-15H,2-13,19H2,1H3,(H,20,24);1H. The van der Waals surface area contributed by atoms with Gasteiger partial charge in [0.05, 0.1) is 11.8 Å². The summed E-state index contributed by atoms with van der Waals surface area (Å²) in [5, 5.41) is 2.82. The summed E-state index contributed by atoms with van der Waals surface area (Å²) in [6, 6.07) is 0. The zero-order chi connectivity index (χ0) is 18.2. The van der Waals surface area contributed by atoms with Crippen molar-refractivity contribution in [3.8, 4) is 0 Å². The maximum atomic E-state index is 12.9. The molecule has 0 aliphatic carbocycles. The summed E-state index contributed by atoms with van der Waals surface area (Å²) < 4.78 is 0. The predicted molar refractivity (Wildman–Crippen MR) is 103 cm³/mol. The van der Waals surface area contributed by atoms with Crippen LogP contribution in [-0.2, 0) is 14.4 Å². The summed E-state index contributed by atoms with van der Waals surface area (Å²) in [4.78, 5) is 40.8. The second kappa shape index (κ2) is 11.4. The minimum Gasteiger partial charge on any atom is -0.355 e. The summed E-state index contributed by atoms with van der Waals surface area (Å²) in [5.74, 6) is -0.0274. The van der Waals surface area contributed by atoms with Crippen LogP contribution in [0.2, 0.25) is 0 Å². The van der Waals surface area contributed by atoms with Crippen LogP contribution >= 0.6 is 12.4 Å². The summed E-state index contributed by atoms with van der Waals surface area (Å²) in [5.41, 5.74) is 5.43. The van der Waals surface area contributed by atoms with Gasteiger partial charge in [0.15, 0.2) is 0 Å². The van der Waals surface area contributed by atoms with Crippen LogP contribution in [0, 0.1) is 11.8 Å². The molecule has 2 aliphatic rings. The van der Waals surface area contributed by atoms with Crippen LogP contribution in [0.5, 0.6) is 0 Å². The summed E-state index contributed by atoms with van der Waals surface area (Å²) in [7, 11) is 0. The van der Waals surface area contributed by atoms with Crippen molar-refractivity contribution in [2.24, 2.45) is 17.6 Å². The van der Waals surface area contributed by atoms with E-state index in [0.29, 0.717) is 39.1 Å². The zero-order valence-electron chi connectivity index (χ0n) is 15.7. The molecule has 7 nitrogen and oxygen atoms in total. The van der Waals surface area contributed by atoms with Crippen molar-refractivity contribution in [3.63, 3.8) is 0 Å². The van der Waals surface area contributed by atoms with E-state index in [4.69, 9.17) is 5.73 Å². The van der Waals surface area contributed by atoms with Crippen LogP contribution in [-0.4, -0.2) is 66.8 Å². The molecule has 0 aromatic heterocycles. The monoisotopic (exact) mass is 388 g/mol. The fraction of sp³-hybridized carbons (Fsp3) is 0.833. The van der Waals surface area contributed by atoms with Crippen molar-refractivity contribution in [2.45, 2.75) is 45.4 Å². The topological polar surface area (TPSA) is 95.7 Å². The average molecular weight is 389 g/mol. The smallest absolute Gasteiger partial charge is 0.227 e. The second-order valence-electron chi connectivity index (χ2n) is 7.13. The number of nitrogens with one attached hydrogen (secondary N) is 1. The van der Waals surface area contributed by atoms with Gasteiger partial charge in [-0.25, -0.2) is 0 Å². The number of hydrogen-bond acceptors (Lipinski definition) is 4. The maximum absolute atomic E-state index is 12.9. The first-order chi connectivity index (χ1) is 12.1. The molecule has 3 N–H and O–H groups in total. The first-order valence-corrected chi connectivity index (χ1v) is 9.61. The maximum Gasteiger partial charge on any atom is 0.227 e. The van der Waals surface area contributed by atoms with Crippen LogP contribution in [0.25, 0.3) is 0 Å². The van der Waals surface area contributed by atoms with Crippen LogP contribution < -0.4 is 11.1 Å². The SMILES string of the molecule is CCCC(=O)N1CCCC(C(=O)N2CCCC(C(=O)NCCN)C2)C1.Cl. The number of nitrogens with zero attached hydrogens (tertiary/aromatic N) is 2. The molecule has 150 valence electrons. The molecule has 0 radical (unpaired) electrons. The largest absolute Gasteiger partial charge is 0.355 e. The molecule has 0 aromatic carbocycles. The number of carbonyl (C=O) groups excluding carboxylic acids is 3. The lowest BCUT2D eigenvalue weighted by molar-refractivity contribution is -0.143. The molecule has 3 amide bonds. The van der Waals surface area contributed by atoms with Crippen LogP contribution in [0.4, 0.5) is 0 Å². The van der Waals surface area contributed by atoms with E-state index in [1.807, 2.05) is 16.7 Å². The Morgan fingerprint density at radius 1 is 1.04 bits per heavy atom. The molecule has 2 heterocycles. The molecular weight excluding hydrogens is 356 g/mol. The Hall–Kier alpha value is -1.34. The number of carbonyl (C=O) groups is 3. The molecule has 0 bridgehead atoms. The van der Waals surface area contributed by atoms with Gasteiger partial charge in [-0.15, -0.1) is 12.4 Å². The lowest BCUT2D eigenvalue weighted by Crippen LogP contribution is -2.51. The third kappa shape index (κ3) is 6.13. The number of nitrogens with two attached hydrogens (primary N) is 1. The molecule has 2 aliphatic heterocycles. The van der Waals surface area contributed by atoms with E-state index in [2.05, 4.69) is 5.32 Å². The van der Waals surface area contributed by atoms with Gasteiger partial charge in [-0.2, -0.15) is 0 Å². The molecule has 0 saturated carbocycles. The Kier molecular flexibility index (Phi) is 9.94. The Morgan fingerprint density at radius 2 is 1.65 bits per heavy atom. The molecule has 0 aromatic rings. The molecule has 2 unspecified atom stereocenters. The van der Waals surface area contributed by atoms with Gasteiger partial charge in [-0.3, -0.25) is 14.4 Å². The van der Waals surface area contributed by atoms with E-state index in [9.17, 15) is 14.4 Å². The highest BCUT2D eigenvalue weighted by Crippen LogP contribution is 2.23. The number of amides is 3. The van der Waals surface area contributed by atoms with Gasteiger partial charge in [-0.05, 0) is 32.1 Å². The fourth-order valence-electron chi connectivity index (χ4n) is 3.77. The highest BCUT2D eigenvalue weighted by molar-refractivity contribution is 5.85. The van der Waals surface area contributed by atoms with Gasteiger partial charge in [-0.1, -0.05) is 6.92 Å². The molecular formula is C18H33ClN4O3. The number of rotatable bonds is 6. The third-order valence-corrected chi connectivity index (χ3v) is 5.13. The lowest BCUT2D eigenvalue weighted by Gasteiger charge is -2.38. The molecule has 0 spiro atoms. The summed E-state index contributed by atoms with van der Waals surface area (Å²) in [6.45, 7) is 5.36. The molecule has 2 saturated heterocycles. The van der Waals surface area contributed by atoms with Crippen molar-refractivity contribution >= 4 is 30.1 Å². The number of halogens is 1. The first-order valence-electron chi connectivity index (χ1n) is 9.61. The van der Waals surface area contributed by atoms with Gasteiger partial charge in [0.25, 0.3) is 0 Å². The van der Waals surface area contributed by atoms with Gasteiger partial charge in [0.2, 0.25) is 17.7 Å². The van der Waals surface area contributed by atoms with E-state index >= 15 is 0 Å². The van der Waals surface area contributed by atoms with E-state index < -0.39 is 0 Å². The third-order valence-electron chi connectivity index (χ3n) is 5.13. The highest BCUT2D eigenvalue weighted by atomic mass is 35.5. The highest BCUT2D eigenvalue weighted by Gasteiger charge is 2.34. The Balaban J connectivity index is 0.00000338. The van der Waals surface area contributed by atoms with Gasteiger partial charge in [0, 0.05) is 45.7 Å². The fourth-order valence-corrected chi connectivity index (χ4v) is 3.77. The quantitative estimate of drug-likeness (QED) is 0.702. The summed E-state index contributed by atoms with van der Waals surface area (Å²) >= 11 is 0. The van der Waals surface area contributed by atoms with Crippen LogP contribution in [0.3, 0.4) is 0 Å². The molecule has 8 heteroatoms. The normalized spacial score (nSPS) is 23.2. The average Bonchev–Trinajstić information content (AvgIpc) is 2.66. The molecule has 26 heavy (non-hydrogen) atoms. The first kappa shape index (κ1) is 22.7. The van der Waals surface area contributed by atoms with Crippen molar-refractivity contribution < 1.29 is 14.4 Å². The minimum absolute atomic E-state index is 0.